The topological polar surface area (TPSA) is 26.5 Å². The zero-order chi connectivity index (χ0) is 16.6. The van der Waals surface area contributed by atoms with Gasteiger partial charge in [0.05, 0.1) is 23.9 Å². The van der Waals surface area contributed by atoms with Gasteiger partial charge in [0.25, 0.3) is 0 Å². The molecule has 2 aromatic heterocycles. The number of thioether (sulfide) groups is 1. The first-order valence-electron chi connectivity index (χ1n) is 7.68. The van der Waals surface area contributed by atoms with Crippen LogP contribution in [-0.4, -0.2) is 21.2 Å². The van der Waals surface area contributed by atoms with Crippen LogP contribution in [0.1, 0.15) is 26.3 Å². The monoisotopic (exact) mass is 326 g/mol. The predicted octanol–water partition coefficient (Wildman–Crippen LogP) is 5.21. The lowest BCUT2D eigenvalue weighted by atomic mass is 10.1. The third kappa shape index (κ3) is 3.37. The fourth-order valence-electron chi connectivity index (χ4n) is 2.57. The molecule has 0 aliphatic rings. The number of ether oxygens (including phenoxy) is 1. The molecule has 120 valence electrons. The summed E-state index contributed by atoms with van der Waals surface area (Å²) in [6.45, 7) is 8.72. The Morgan fingerprint density at radius 2 is 1.96 bits per heavy atom. The highest BCUT2D eigenvalue weighted by atomic mass is 32.2. The Bertz CT molecular complexity index is 846. The van der Waals surface area contributed by atoms with Gasteiger partial charge in [-0.3, -0.25) is 4.40 Å². The van der Waals surface area contributed by atoms with E-state index < -0.39 is 0 Å². The van der Waals surface area contributed by atoms with Crippen LogP contribution in [0.2, 0.25) is 0 Å². The highest BCUT2D eigenvalue weighted by Gasteiger charge is 2.18. The van der Waals surface area contributed by atoms with Crippen molar-refractivity contribution < 1.29 is 4.74 Å². The van der Waals surface area contributed by atoms with E-state index in [1.807, 2.05) is 12.3 Å². The summed E-state index contributed by atoms with van der Waals surface area (Å²) in [5.74, 6) is 0.874. The fourth-order valence-corrected chi connectivity index (χ4v) is 3.63. The van der Waals surface area contributed by atoms with Gasteiger partial charge in [0.15, 0.2) is 0 Å². The summed E-state index contributed by atoms with van der Waals surface area (Å²) in [6, 6.07) is 10.5. The van der Waals surface area contributed by atoms with E-state index in [1.54, 1.807) is 18.9 Å². The molecule has 4 heteroatoms. The number of pyridine rings is 1. The maximum absolute atomic E-state index is 5.56. The van der Waals surface area contributed by atoms with Crippen LogP contribution < -0.4 is 4.74 Å². The van der Waals surface area contributed by atoms with Gasteiger partial charge in [-0.25, -0.2) is 4.98 Å². The minimum Gasteiger partial charge on any atom is -0.495 e. The molecule has 0 amide bonds. The normalized spacial score (nSPS) is 11.9. The Balaban J connectivity index is 2.17. The first kappa shape index (κ1) is 15.9. The van der Waals surface area contributed by atoms with Crippen molar-refractivity contribution in [2.75, 3.05) is 7.11 Å². The van der Waals surface area contributed by atoms with Crippen LogP contribution in [-0.2, 0) is 0 Å². The average molecular weight is 326 g/mol. The molecule has 0 saturated heterocycles. The molecule has 0 aliphatic heterocycles. The summed E-state index contributed by atoms with van der Waals surface area (Å²) in [4.78, 5) is 5.67. The molecule has 0 spiro atoms. The molecule has 0 saturated carbocycles. The van der Waals surface area contributed by atoms with E-state index >= 15 is 0 Å². The summed E-state index contributed by atoms with van der Waals surface area (Å²) in [7, 11) is 1.71. The van der Waals surface area contributed by atoms with E-state index in [0.29, 0.717) is 0 Å². The molecule has 23 heavy (non-hydrogen) atoms. The number of aromatic nitrogens is 2. The van der Waals surface area contributed by atoms with E-state index in [9.17, 15) is 0 Å². The summed E-state index contributed by atoms with van der Waals surface area (Å²) in [5, 5.41) is 0. The molecular weight excluding hydrogens is 304 g/mol. The van der Waals surface area contributed by atoms with Gasteiger partial charge in [-0.05, 0) is 13.0 Å². The summed E-state index contributed by atoms with van der Waals surface area (Å²) in [6.07, 6.45) is 4.06. The molecule has 2 heterocycles. The van der Waals surface area contributed by atoms with Crippen molar-refractivity contribution >= 4 is 17.4 Å². The third-order valence-corrected chi connectivity index (χ3v) is 4.66. The summed E-state index contributed by atoms with van der Waals surface area (Å²) < 4.78 is 7.82. The van der Waals surface area contributed by atoms with Crippen molar-refractivity contribution in [3.63, 3.8) is 0 Å². The number of fused-ring (bicyclic) bond motifs is 1. The maximum Gasteiger partial charge on any atom is 0.140 e. The number of rotatable bonds is 3. The lowest BCUT2D eigenvalue weighted by molar-refractivity contribution is 0.404. The molecule has 0 unspecified atom stereocenters. The van der Waals surface area contributed by atoms with E-state index in [-0.39, 0.29) is 4.75 Å². The molecule has 3 rings (SSSR count). The van der Waals surface area contributed by atoms with Crippen molar-refractivity contribution in [3.8, 4) is 17.0 Å². The number of nitrogens with zero attached hydrogens (tertiary/aromatic N) is 2. The molecule has 0 aliphatic carbocycles. The van der Waals surface area contributed by atoms with E-state index in [4.69, 9.17) is 4.74 Å². The van der Waals surface area contributed by atoms with Crippen molar-refractivity contribution in [3.05, 3.63) is 48.3 Å². The first-order chi connectivity index (χ1) is 10.9. The van der Waals surface area contributed by atoms with Crippen molar-refractivity contribution in [1.82, 2.24) is 9.38 Å². The SMILES string of the molecule is COc1cc2ncc(-c3cccc(C)c3)n2cc1SC(C)(C)C. The second-order valence-corrected chi connectivity index (χ2v) is 8.53. The van der Waals surface area contributed by atoms with Crippen LogP contribution in [0.5, 0.6) is 5.75 Å². The highest BCUT2D eigenvalue weighted by Crippen LogP contribution is 2.39. The fraction of sp³-hybridized carbons (Fsp3) is 0.316. The molecular formula is C19H22N2OS. The van der Waals surface area contributed by atoms with Gasteiger partial charge in [-0.1, -0.05) is 44.5 Å². The van der Waals surface area contributed by atoms with Crippen molar-refractivity contribution in [1.29, 1.82) is 0 Å². The predicted molar refractivity (Wildman–Crippen MR) is 97.5 cm³/mol. The Morgan fingerprint density at radius 3 is 2.61 bits per heavy atom. The van der Waals surface area contributed by atoms with Gasteiger partial charge in [0.2, 0.25) is 0 Å². The van der Waals surface area contributed by atoms with Gasteiger partial charge in [-0.15, -0.1) is 11.8 Å². The molecule has 0 bridgehead atoms. The summed E-state index contributed by atoms with van der Waals surface area (Å²) in [5.41, 5.74) is 4.42. The Morgan fingerprint density at radius 1 is 1.17 bits per heavy atom. The minimum atomic E-state index is 0.116. The smallest absolute Gasteiger partial charge is 0.140 e. The Hall–Kier alpha value is -1.94. The lowest BCUT2D eigenvalue weighted by Crippen LogP contribution is -2.07. The molecule has 0 atom stereocenters. The van der Waals surface area contributed by atoms with Gasteiger partial charge < -0.3 is 4.74 Å². The van der Waals surface area contributed by atoms with Crippen LogP contribution in [0, 0.1) is 6.92 Å². The van der Waals surface area contributed by atoms with E-state index in [1.165, 1.54) is 11.1 Å². The number of hydrogen-bond acceptors (Lipinski definition) is 3. The molecule has 0 fully saturated rings. The first-order valence-corrected chi connectivity index (χ1v) is 8.50. The zero-order valence-electron chi connectivity index (χ0n) is 14.3. The van der Waals surface area contributed by atoms with Gasteiger partial charge in [0, 0.05) is 22.6 Å². The highest BCUT2D eigenvalue weighted by molar-refractivity contribution is 8.00. The lowest BCUT2D eigenvalue weighted by Gasteiger charge is -2.19. The van der Waals surface area contributed by atoms with Crippen LogP contribution >= 0.6 is 11.8 Å². The molecule has 1 aromatic carbocycles. The van der Waals surface area contributed by atoms with Crippen LogP contribution in [0.15, 0.2) is 47.6 Å². The second-order valence-electron chi connectivity index (χ2n) is 6.66. The largest absolute Gasteiger partial charge is 0.495 e. The molecule has 3 nitrogen and oxygen atoms in total. The molecule has 3 aromatic rings. The van der Waals surface area contributed by atoms with Crippen molar-refractivity contribution in [2.24, 2.45) is 0 Å². The number of aryl methyl sites for hydroxylation is 1. The van der Waals surface area contributed by atoms with Crippen molar-refractivity contribution in [2.45, 2.75) is 37.3 Å². The van der Waals surface area contributed by atoms with Gasteiger partial charge in [0.1, 0.15) is 11.4 Å². The van der Waals surface area contributed by atoms with Gasteiger partial charge in [-0.2, -0.15) is 0 Å². The van der Waals surface area contributed by atoms with Crippen LogP contribution in [0.4, 0.5) is 0 Å². The van der Waals surface area contributed by atoms with E-state index in [0.717, 1.165) is 22.0 Å². The minimum absolute atomic E-state index is 0.116. The number of methoxy groups -OCH3 is 1. The molecule has 0 N–H and O–H groups in total. The average Bonchev–Trinajstić information content (AvgIpc) is 2.87. The van der Waals surface area contributed by atoms with Crippen LogP contribution in [0.25, 0.3) is 16.9 Å². The Kier molecular flexibility index (Phi) is 4.11. The summed E-state index contributed by atoms with van der Waals surface area (Å²) >= 11 is 1.80. The second kappa shape index (κ2) is 5.93. The number of hydrogen-bond donors (Lipinski definition) is 0. The standard InChI is InChI=1S/C19H22N2OS/c1-13-7-6-8-14(9-13)15-11-20-18-10-16(22-5)17(12-21(15)18)23-19(2,3)4/h6-12H,1-5H3. The number of benzene rings is 1. The van der Waals surface area contributed by atoms with Crippen LogP contribution in [0.3, 0.4) is 0 Å². The quantitative estimate of drug-likeness (QED) is 0.618. The zero-order valence-corrected chi connectivity index (χ0v) is 15.1. The van der Waals surface area contributed by atoms with E-state index in [2.05, 4.69) is 67.5 Å². The number of imidazole rings is 1. The Labute approximate surface area is 141 Å². The third-order valence-electron chi connectivity index (χ3n) is 3.52. The van der Waals surface area contributed by atoms with Gasteiger partial charge >= 0.3 is 0 Å². The molecule has 0 radical (unpaired) electrons. The maximum atomic E-state index is 5.56.